The Morgan fingerprint density at radius 2 is 2.29 bits per heavy atom. The maximum atomic E-state index is 4.51. The van der Waals surface area contributed by atoms with Gasteiger partial charge < -0.3 is 5.32 Å². The minimum Gasteiger partial charge on any atom is -0.308 e. The van der Waals surface area contributed by atoms with Crippen LogP contribution in [0.15, 0.2) is 5.38 Å². The first-order valence-corrected chi connectivity index (χ1v) is 7.67. The second kappa shape index (κ2) is 5.96. The molecule has 1 aliphatic carbocycles. The lowest BCUT2D eigenvalue weighted by molar-refractivity contribution is 0.230. The molecule has 2 rings (SSSR count). The van der Waals surface area contributed by atoms with E-state index in [0.29, 0.717) is 6.04 Å². The summed E-state index contributed by atoms with van der Waals surface area (Å²) < 4.78 is 0. The zero-order valence-electron chi connectivity index (χ0n) is 11.2. The Balaban J connectivity index is 1.79. The highest BCUT2D eigenvalue weighted by atomic mass is 32.1. The number of nitrogens with one attached hydrogen (secondary N) is 1. The van der Waals surface area contributed by atoms with E-state index in [9.17, 15) is 0 Å². The minimum absolute atomic E-state index is 0.707. The lowest BCUT2D eigenvalue weighted by Gasteiger charge is -2.32. The number of rotatable bonds is 4. The van der Waals surface area contributed by atoms with Gasteiger partial charge in [-0.1, -0.05) is 26.7 Å². The Bertz CT molecular complexity index is 346. The predicted octanol–water partition coefficient (Wildman–Crippen LogP) is 3.76. The molecule has 2 nitrogen and oxygen atoms in total. The smallest absolute Gasteiger partial charge is 0.0897 e. The molecule has 17 heavy (non-hydrogen) atoms. The van der Waals surface area contributed by atoms with Gasteiger partial charge in [0.1, 0.15) is 0 Å². The van der Waals surface area contributed by atoms with Gasteiger partial charge in [0.05, 0.1) is 10.7 Å². The van der Waals surface area contributed by atoms with E-state index in [2.05, 4.69) is 36.5 Å². The summed E-state index contributed by atoms with van der Waals surface area (Å²) in [6.45, 7) is 7.73. The van der Waals surface area contributed by atoms with Gasteiger partial charge in [0, 0.05) is 18.0 Å². The molecule has 1 fully saturated rings. The van der Waals surface area contributed by atoms with Crippen molar-refractivity contribution in [2.75, 3.05) is 0 Å². The molecule has 0 aromatic carbocycles. The summed E-state index contributed by atoms with van der Waals surface area (Å²) in [5.41, 5.74) is 1.21. The van der Waals surface area contributed by atoms with Crippen molar-refractivity contribution in [2.45, 2.75) is 59.0 Å². The van der Waals surface area contributed by atoms with Gasteiger partial charge in [0.25, 0.3) is 0 Å². The van der Waals surface area contributed by atoms with Crippen LogP contribution in [0.3, 0.4) is 0 Å². The minimum atomic E-state index is 0.707. The summed E-state index contributed by atoms with van der Waals surface area (Å²) in [7, 11) is 0. The highest BCUT2D eigenvalue weighted by Gasteiger charge is 2.23. The monoisotopic (exact) mass is 252 g/mol. The second-order valence-electron chi connectivity index (χ2n) is 5.61. The predicted molar refractivity (Wildman–Crippen MR) is 74.3 cm³/mol. The number of thiazole rings is 1. The van der Waals surface area contributed by atoms with E-state index >= 15 is 0 Å². The van der Waals surface area contributed by atoms with Crippen molar-refractivity contribution in [3.05, 3.63) is 16.1 Å². The van der Waals surface area contributed by atoms with E-state index in [0.717, 1.165) is 18.4 Å². The first-order chi connectivity index (χ1) is 8.15. The Kier molecular flexibility index (Phi) is 4.57. The highest BCUT2D eigenvalue weighted by Crippen LogP contribution is 2.30. The fourth-order valence-corrected chi connectivity index (χ4v) is 3.37. The van der Waals surface area contributed by atoms with E-state index in [1.54, 1.807) is 11.3 Å². The van der Waals surface area contributed by atoms with Crippen molar-refractivity contribution in [3.8, 4) is 0 Å². The van der Waals surface area contributed by atoms with Crippen LogP contribution < -0.4 is 5.32 Å². The molecule has 2 unspecified atom stereocenters. The van der Waals surface area contributed by atoms with E-state index in [4.69, 9.17) is 0 Å². The number of nitrogens with zero attached hydrogens (tertiary/aromatic N) is 1. The van der Waals surface area contributed by atoms with Crippen molar-refractivity contribution in [2.24, 2.45) is 11.8 Å². The average Bonchev–Trinajstić information content (AvgIpc) is 2.73. The molecule has 96 valence electrons. The maximum Gasteiger partial charge on any atom is 0.0897 e. The first-order valence-electron chi connectivity index (χ1n) is 6.79. The zero-order valence-corrected chi connectivity index (χ0v) is 12.0. The number of hydrogen-bond donors (Lipinski definition) is 1. The van der Waals surface area contributed by atoms with E-state index in [1.807, 2.05) is 0 Å². The van der Waals surface area contributed by atoms with Gasteiger partial charge in [0.15, 0.2) is 0 Å². The molecule has 0 amide bonds. The largest absolute Gasteiger partial charge is 0.308 e. The molecule has 1 aliphatic rings. The van der Waals surface area contributed by atoms with Crippen molar-refractivity contribution in [1.29, 1.82) is 0 Å². The topological polar surface area (TPSA) is 24.9 Å². The molecule has 1 saturated carbocycles. The van der Waals surface area contributed by atoms with Crippen LogP contribution in [0, 0.1) is 18.8 Å². The third-order valence-corrected chi connectivity index (χ3v) is 4.72. The van der Waals surface area contributed by atoms with Gasteiger partial charge in [-0.25, -0.2) is 4.98 Å². The molecule has 0 aliphatic heterocycles. The molecule has 0 saturated heterocycles. The van der Waals surface area contributed by atoms with Gasteiger partial charge >= 0.3 is 0 Å². The maximum absolute atomic E-state index is 4.51. The van der Waals surface area contributed by atoms with Crippen LogP contribution in [-0.4, -0.2) is 11.0 Å². The van der Waals surface area contributed by atoms with Crippen LogP contribution in [-0.2, 0) is 6.54 Å². The van der Waals surface area contributed by atoms with Crippen molar-refractivity contribution < 1.29 is 0 Å². The normalized spacial score (nSPS) is 25.4. The van der Waals surface area contributed by atoms with Crippen LogP contribution in [0.5, 0.6) is 0 Å². The fourth-order valence-electron chi connectivity index (χ4n) is 2.76. The lowest BCUT2D eigenvalue weighted by atomic mass is 9.79. The quantitative estimate of drug-likeness (QED) is 0.882. The molecule has 1 N–H and O–H groups in total. The van der Waals surface area contributed by atoms with Crippen LogP contribution >= 0.6 is 11.3 Å². The summed E-state index contributed by atoms with van der Waals surface area (Å²) >= 11 is 1.75. The second-order valence-corrected chi connectivity index (χ2v) is 6.67. The Morgan fingerprint density at radius 1 is 1.47 bits per heavy atom. The summed E-state index contributed by atoms with van der Waals surface area (Å²) in [4.78, 5) is 4.51. The average molecular weight is 252 g/mol. The molecule has 0 radical (unpaired) electrons. The van der Waals surface area contributed by atoms with Crippen LogP contribution in [0.1, 0.15) is 50.2 Å². The SMILES string of the molecule is Cc1nc(CNC2CCCC(C(C)C)C2)cs1. The van der Waals surface area contributed by atoms with E-state index < -0.39 is 0 Å². The fraction of sp³-hybridized carbons (Fsp3) is 0.786. The van der Waals surface area contributed by atoms with Crippen LogP contribution in [0.25, 0.3) is 0 Å². The van der Waals surface area contributed by atoms with Gasteiger partial charge in [-0.05, 0) is 31.6 Å². The summed E-state index contributed by atoms with van der Waals surface area (Å²) in [6, 6.07) is 0.707. The summed E-state index contributed by atoms with van der Waals surface area (Å²) in [5.74, 6) is 1.75. The Hall–Kier alpha value is -0.410. The van der Waals surface area contributed by atoms with Crippen molar-refractivity contribution >= 4 is 11.3 Å². The summed E-state index contributed by atoms with van der Waals surface area (Å²) in [5, 5.41) is 7.02. The first kappa shape index (κ1) is 13.0. The molecular formula is C14H24N2S. The Morgan fingerprint density at radius 3 is 2.94 bits per heavy atom. The number of aryl methyl sites for hydroxylation is 1. The van der Waals surface area contributed by atoms with E-state index in [-0.39, 0.29) is 0 Å². The molecule has 1 aromatic rings. The Labute approximate surface area is 109 Å². The van der Waals surface area contributed by atoms with E-state index in [1.165, 1.54) is 36.4 Å². The number of hydrogen-bond acceptors (Lipinski definition) is 3. The highest BCUT2D eigenvalue weighted by molar-refractivity contribution is 7.09. The molecule has 3 heteroatoms. The molecule has 2 atom stereocenters. The zero-order chi connectivity index (χ0) is 12.3. The van der Waals surface area contributed by atoms with Gasteiger partial charge in [0.2, 0.25) is 0 Å². The van der Waals surface area contributed by atoms with Crippen molar-refractivity contribution in [3.63, 3.8) is 0 Å². The number of aromatic nitrogens is 1. The molecular weight excluding hydrogens is 228 g/mol. The molecule has 0 spiro atoms. The summed E-state index contributed by atoms with van der Waals surface area (Å²) in [6.07, 6.45) is 5.50. The van der Waals surface area contributed by atoms with Gasteiger partial charge in [-0.3, -0.25) is 0 Å². The van der Waals surface area contributed by atoms with Crippen molar-refractivity contribution in [1.82, 2.24) is 10.3 Å². The van der Waals surface area contributed by atoms with Gasteiger partial charge in [-0.15, -0.1) is 11.3 Å². The molecule has 1 aromatic heterocycles. The molecule has 1 heterocycles. The van der Waals surface area contributed by atoms with Crippen LogP contribution in [0.2, 0.25) is 0 Å². The third-order valence-electron chi connectivity index (χ3n) is 3.90. The van der Waals surface area contributed by atoms with Crippen LogP contribution in [0.4, 0.5) is 0 Å². The lowest BCUT2D eigenvalue weighted by Crippen LogP contribution is -2.35. The third kappa shape index (κ3) is 3.78. The van der Waals surface area contributed by atoms with Gasteiger partial charge in [-0.2, -0.15) is 0 Å². The molecule has 0 bridgehead atoms. The standard InChI is InChI=1S/C14H24N2S/c1-10(2)12-5-4-6-13(7-12)15-8-14-9-17-11(3)16-14/h9-10,12-13,15H,4-8H2,1-3H3.